The van der Waals surface area contributed by atoms with Gasteiger partial charge in [0.1, 0.15) is 5.75 Å². The number of hydrogen-bond donors (Lipinski definition) is 0. The maximum absolute atomic E-state index is 9.84. The van der Waals surface area contributed by atoms with Gasteiger partial charge in [0, 0.05) is 12.4 Å². The predicted molar refractivity (Wildman–Crippen MR) is 172 cm³/mol. The van der Waals surface area contributed by atoms with Crippen LogP contribution in [0.15, 0.2) is 97.3 Å². The van der Waals surface area contributed by atoms with Gasteiger partial charge in [0.2, 0.25) is 0 Å². The molecule has 0 N–H and O–H groups in total. The largest absolute Gasteiger partial charge is 0.494 e. The fourth-order valence-electron chi connectivity index (χ4n) is 5.03. The van der Waals surface area contributed by atoms with Crippen molar-refractivity contribution in [1.82, 2.24) is 4.98 Å². The molecule has 0 saturated carbocycles. The zero-order chi connectivity index (χ0) is 28.5. The lowest BCUT2D eigenvalue weighted by molar-refractivity contribution is 0.304. The number of ether oxygens (including phenoxy) is 1. The Bertz CT molecular complexity index is 1370. The quantitative estimate of drug-likeness (QED) is 0.0803. The van der Waals surface area contributed by atoms with Crippen LogP contribution in [-0.2, 0) is 0 Å². The van der Waals surface area contributed by atoms with Gasteiger partial charge in [-0.1, -0.05) is 125 Å². The van der Waals surface area contributed by atoms with Gasteiger partial charge in [-0.15, -0.1) is 0 Å². The van der Waals surface area contributed by atoms with Crippen LogP contribution in [0, 0.1) is 11.3 Å². The monoisotopic (exact) mass is 542 g/mol. The lowest BCUT2D eigenvalue weighted by atomic mass is 9.98. The van der Waals surface area contributed by atoms with Gasteiger partial charge in [-0.25, -0.2) is 0 Å². The molecule has 4 aromatic rings. The fourth-order valence-corrected chi connectivity index (χ4v) is 5.03. The van der Waals surface area contributed by atoms with Gasteiger partial charge in [0.25, 0.3) is 0 Å². The third kappa shape index (κ3) is 9.76. The molecule has 0 unspecified atom stereocenters. The van der Waals surface area contributed by atoms with Crippen molar-refractivity contribution < 1.29 is 4.74 Å². The molecule has 0 aliphatic carbocycles. The average molecular weight is 543 g/mol. The summed E-state index contributed by atoms with van der Waals surface area (Å²) in [5.74, 6) is 0.885. The molecule has 3 nitrogen and oxygen atoms in total. The summed E-state index contributed by atoms with van der Waals surface area (Å²) in [5, 5.41) is 9.84. The van der Waals surface area contributed by atoms with Gasteiger partial charge in [0.05, 0.1) is 18.2 Å². The fraction of sp³-hybridized carbons (Fsp3) is 0.316. The van der Waals surface area contributed by atoms with Crippen LogP contribution in [0.25, 0.3) is 33.9 Å². The Morgan fingerprint density at radius 1 is 0.634 bits per heavy atom. The molecule has 1 aromatic heterocycles. The molecule has 0 radical (unpaired) electrons. The van der Waals surface area contributed by atoms with E-state index in [4.69, 9.17) is 4.74 Å². The topological polar surface area (TPSA) is 45.9 Å². The number of aromatic nitrogens is 1. The van der Waals surface area contributed by atoms with Crippen LogP contribution in [0.4, 0.5) is 0 Å². The molecule has 4 rings (SSSR count). The predicted octanol–water partition coefficient (Wildman–Crippen LogP) is 10.8. The van der Waals surface area contributed by atoms with Crippen molar-refractivity contribution in [3.05, 3.63) is 108 Å². The highest BCUT2D eigenvalue weighted by Crippen LogP contribution is 2.27. The Morgan fingerprint density at radius 2 is 1.12 bits per heavy atom. The van der Waals surface area contributed by atoms with E-state index in [0.29, 0.717) is 5.57 Å². The van der Waals surface area contributed by atoms with Crippen LogP contribution in [0.5, 0.6) is 5.75 Å². The van der Waals surface area contributed by atoms with E-state index in [9.17, 15) is 5.26 Å². The Morgan fingerprint density at radius 3 is 1.66 bits per heavy atom. The second kappa shape index (κ2) is 16.8. The number of benzene rings is 3. The molecule has 3 heteroatoms. The number of unbranched alkanes of at least 4 members (excludes halogenated alkanes) is 9. The van der Waals surface area contributed by atoms with Crippen molar-refractivity contribution in [2.24, 2.45) is 0 Å². The smallest absolute Gasteiger partial charge is 0.119 e. The number of allylic oxidation sites excluding steroid dienone is 1. The molecule has 3 aromatic carbocycles. The van der Waals surface area contributed by atoms with E-state index in [-0.39, 0.29) is 0 Å². The van der Waals surface area contributed by atoms with Crippen molar-refractivity contribution in [3.63, 3.8) is 0 Å². The lowest BCUT2D eigenvalue weighted by Gasteiger charge is -2.07. The maximum atomic E-state index is 9.84. The van der Waals surface area contributed by atoms with Gasteiger partial charge >= 0.3 is 0 Å². The van der Waals surface area contributed by atoms with Crippen LogP contribution in [0.3, 0.4) is 0 Å². The summed E-state index contributed by atoms with van der Waals surface area (Å²) < 4.78 is 5.95. The van der Waals surface area contributed by atoms with E-state index in [0.717, 1.165) is 52.2 Å². The molecule has 0 saturated heterocycles. The van der Waals surface area contributed by atoms with E-state index in [1.54, 1.807) is 0 Å². The summed E-state index contributed by atoms with van der Waals surface area (Å²) in [5.41, 5.74) is 7.12. The van der Waals surface area contributed by atoms with E-state index < -0.39 is 0 Å². The van der Waals surface area contributed by atoms with Crippen LogP contribution in [0.2, 0.25) is 0 Å². The molecule has 0 aliphatic rings. The minimum absolute atomic E-state index is 0.642. The summed E-state index contributed by atoms with van der Waals surface area (Å²) >= 11 is 0. The molecule has 0 fully saturated rings. The first-order valence-corrected chi connectivity index (χ1v) is 15.2. The molecule has 210 valence electrons. The van der Waals surface area contributed by atoms with Crippen LogP contribution in [-0.4, -0.2) is 11.6 Å². The van der Waals surface area contributed by atoms with E-state index in [1.165, 1.54) is 57.8 Å². The number of rotatable bonds is 16. The Hall–Kier alpha value is -4.16. The summed E-state index contributed by atoms with van der Waals surface area (Å²) in [4.78, 5) is 4.09. The van der Waals surface area contributed by atoms with Crippen molar-refractivity contribution in [1.29, 1.82) is 5.26 Å². The summed E-state index contributed by atoms with van der Waals surface area (Å²) in [6.07, 6.45) is 18.8. The maximum Gasteiger partial charge on any atom is 0.119 e. The minimum atomic E-state index is 0.642. The molecule has 41 heavy (non-hydrogen) atoms. The number of pyridine rings is 1. The molecule has 0 spiro atoms. The molecule has 0 atom stereocenters. The zero-order valence-electron chi connectivity index (χ0n) is 24.4. The normalized spacial score (nSPS) is 11.3. The van der Waals surface area contributed by atoms with E-state index in [2.05, 4.69) is 54.4 Å². The van der Waals surface area contributed by atoms with Crippen molar-refractivity contribution in [2.75, 3.05) is 6.61 Å². The second-order valence-corrected chi connectivity index (χ2v) is 10.7. The zero-order valence-corrected chi connectivity index (χ0v) is 24.4. The number of nitrogens with zero attached hydrogens (tertiary/aromatic N) is 2. The number of hydrogen-bond acceptors (Lipinski definition) is 3. The highest BCUT2D eigenvalue weighted by molar-refractivity contribution is 5.90. The Balaban J connectivity index is 1.23. The third-order valence-corrected chi connectivity index (χ3v) is 7.51. The molecular formula is C38H42N2O. The van der Waals surface area contributed by atoms with Crippen LogP contribution < -0.4 is 4.74 Å². The summed E-state index contributed by atoms with van der Waals surface area (Å²) in [6.45, 7) is 3.03. The highest BCUT2D eigenvalue weighted by atomic mass is 16.5. The van der Waals surface area contributed by atoms with Gasteiger partial charge in [-0.2, -0.15) is 5.26 Å². The molecule has 0 amide bonds. The summed E-state index contributed by atoms with van der Waals surface area (Å²) in [7, 11) is 0. The lowest BCUT2D eigenvalue weighted by Crippen LogP contribution is -1.97. The second-order valence-electron chi connectivity index (χ2n) is 10.7. The van der Waals surface area contributed by atoms with Crippen LogP contribution >= 0.6 is 0 Å². The molecule has 0 bridgehead atoms. The van der Waals surface area contributed by atoms with Crippen molar-refractivity contribution >= 4 is 11.6 Å². The summed E-state index contributed by atoms with van der Waals surface area (Å²) in [6, 6.07) is 31.1. The first-order valence-electron chi connectivity index (χ1n) is 15.2. The van der Waals surface area contributed by atoms with Gasteiger partial charge < -0.3 is 4.74 Å². The van der Waals surface area contributed by atoms with Gasteiger partial charge in [-0.05, 0) is 70.1 Å². The van der Waals surface area contributed by atoms with Crippen LogP contribution in [0.1, 0.15) is 82.3 Å². The average Bonchev–Trinajstić information content (AvgIpc) is 3.04. The first kappa shape index (κ1) is 29.8. The van der Waals surface area contributed by atoms with Crippen molar-refractivity contribution in [2.45, 2.75) is 71.1 Å². The number of nitriles is 1. The molecular weight excluding hydrogens is 500 g/mol. The first-order chi connectivity index (χ1) is 20.3. The Kier molecular flexibility index (Phi) is 12.2. The van der Waals surface area contributed by atoms with Gasteiger partial charge in [0.15, 0.2) is 0 Å². The van der Waals surface area contributed by atoms with Gasteiger partial charge in [-0.3, -0.25) is 4.98 Å². The SMILES string of the molecule is CCCCCCCCCCCCOc1ccc(/C=C(\C#N)c2ccc(-c3ccc(-c4ccncc4)cc3)cc2)cc1. The van der Waals surface area contributed by atoms with Crippen molar-refractivity contribution in [3.8, 4) is 34.1 Å². The molecule has 1 heterocycles. The van der Waals surface area contributed by atoms with E-state index in [1.807, 2.05) is 67.0 Å². The molecule has 0 aliphatic heterocycles. The minimum Gasteiger partial charge on any atom is -0.494 e. The highest BCUT2D eigenvalue weighted by Gasteiger charge is 2.05. The Labute approximate surface area is 246 Å². The third-order valence-electron chi connectivity index (χ3n) is 7.51. The van der Waals surface area contributed by atoms with E-state index >= 15 is 0 Å². The standard InChI is InChI=1S/C38H42N2O/c1-2-3-4-5-6-7-8-9-10-11-28-41-38-22-12-31(13-23-38)29-37(30-39)35-20-18-33(19-21-35)32-14-16-34(17-15-32)36-24-26-40-27-25-36/h12-27,29H,2-11,28H2,1H3/b37-29+.